The Morgan fingerprint density at radius 1 is 1.31 bits per heavy atom. The smallest absolute Gasteiger partial charge is 0.308 e. The number of rotatable bonds is 5. The van der Waals surface area contributed by atoms with Gasteiger partial charge in [0.25, 0.3) is 0 Å². The van der Waals surface area contributed by atoms with Gasteiger partial charge in [0.2, 0.25) is 11.8 Å². The van der Waals surface area contributed by atoms with Crippen molar-refractivity contribution >= 4 is 17.8 Å². The van der Waals surface area contributed by atoms with Gasteiger partial charge in [-0.05, 0) is 32.8 Å². The van der Waals surface area contributed by atoms with Gasteiger partial charge in [0.05, 0.1) is 17.9 Å². The van der Waals surface area contributed by atoms with Gasteiger partial charge in [-0.3, -0.25) is 14.4 Å². The first kappa shape index (κ1) is 19.9. The lowest BCUT2D eigenvalue weighted by Crippen LogP contribution is -2.49. The molecule has 1 aliphatic heterocycles. The Bertz CT molecular complexity index is 705. The molecule has 1 unspecified atom stereocenters. The van der Waals surface area contributed by atoms with Crippen molar-refractivity contribution in [2.24, 2.45) is 5.92 Å². The zero-order chi connectivity index (χ0) is 19.5. The number of carboxylic acid groups (broad SMARTS) is 1. The van der Waals surface area contributed by atoms with Crippen LogP contribution in [0, 0.1) is 11.7 Å². The van der Waals surface area contributed by atoms with Crippen molar-refractivity contribution in [2.75, 3.05) is 26.7 Å². The number of amides is 2. The average molecular weight is 364 g/mol. The standard InChI is InChI=1S/C19H25FN2O4/c1-19(2,14-8-4-5-9-15(14)20)18(26)21(3)12-16(23)22-10-6-7-13(11-22)17(24)25/h4-5,8-9,13H,6-7,10-12H2,1-3H3,(H,24,25). The van der Waals surface area contributed by atoms with E-state index in [0.29, 0.717) is 19.4 Å². The number of carbonyl (C=O) groups is 3. The Morgan fingerprint density at radius 3 is 2.58 bits per heavy atom. The first-order valence-corrected chi connectivity index (χ1v) is 8.65. The lowest BCUT2D eigenvalue weighted by atomic mass is 9.83. The second-order valence-corrected chi connectivity index (χ2v) is 7.28. The Kier molecular flexibility index (Phi) is 6.00. The summed E-state index contributed by atoms with van der Waals surface area (Å²) in [6.45, 7) is 3.73. The van der Waals surface area contributed by atoms with Gasteiger partial charge in [0, 0.05) is 25.7 Å². The molecule has 2 rings (SSSR count). The molecule has 0 spiro atoms. The van der Waals surface area contributed by atoms with Crippen molar-refractivity contribution in [1.82, 2.24) is 9.80 Å². The molecule has 0 aromatic heterocycles. The fourth-order valence-corrected chi connectivity index (χ4v) is 3.34. The lowest BCUT2D eigenvalue weighted by Gasteiger charge is -2.34. The maximum absolute atomic E-state index is 14.1. The van der Waals surface area contributed by atoms with Gasteiger partial charge in [-0.25, -0.2) is 4.39 Å². The van der Waals surface area contributed by atoms with Crippen LogP contribution in [-0.4, -0.2) is 59.4 Å². The highest BCUT2D eigenvalue weighted by molar-refractivity contribution is 5.91. The van der Waals surface area contributed by atoms with E-state index in [-0.39, 0.29) is 30.5 Å². The molecule has 142 valence electrons. The largest absolute Gasteiger partial charge is 0.481 e. The Balaban J connectivity index is 2.05. The Labute approximate surface area is 152 Å². The minimum Gasteiger partial charge on any atom is -0.481 e. The van der Waals surface area contributed by atoms with Crippen LogP contribution < -0.4 is 0 Å². The predicted octanol–water partition coefficient (Wildman–Crippen LogP) is 1.88. The predicted molar refractivity (Wildman–Crippen MR) is 94.0 cm³/mol. The van der Waals surface area contributed by atoms with Crippen LogP contribution in [0.4, 0.5) is 4.39 Å². The molecule has 0 saturated carbocycles. The summed E-state index contributed by atoms with van der Waals surface area (Å²) in [5.41, 5.74) is -0.848. The topological polar surface area (TPSA) is 77.9 Å². The van der Waals surface area contributed by atoms with Crippen molar-refractivity contribution in [3.8, 4) is 0 Å². The van der Waals surface area contributed by atoms with Gasteiger partial charge in [-0.2, -0.15) is 0 Å². The Hall–Kier alpha value is -2.44. The van der Waals surface area contributed by atoms with Crippen LogP contribution in [0.2, 0.25) is 0 Å². The minimum atomic E-state index is -1.12. The lowest BCUT2D eigenvalue weighted by molar-refractivity contribution is -0.148. The van der Waals surface area contributed by atoms with Gasteiger partial charge < -0.3 is 14.9 Å². The molecule has 1 N–H and O–H groups in total. The van der Waals surface area contributed by atoms with Gasteiger partial charge in [0.15, 0.2) is 0 Å². The van der Waals surface area contributed by atoms with Crippen LogP contribution in [0.3, 0.4) is 0 Å². The van der Waals surface area contributed by atoms with Crippen LogP contribution in [0.15, 0.2) is 24.3 Å². The van der Waals surface area contributed by atoms with Gasteiger partial charge in [-0.15, -0.1) is 0 Å². The molecular formula is C19H25FN2O4. The number of carbonyl (C=O) groups excluding carboxylic acids is 2. The van der Waals surface area contributed by atoms with E-state index in [9.17, 15) is 18.8 Å². The first-order chi connectivity index (χ1) is 12.1. The fraction of sp³-hybridized carbons (Fsp3) is 0.526. The van der Waals surface area contributed by atoms with Crippen molar-refractivity contribution in [3.63, 3.8) is 0 Å². The number of likely N-dealkylation sites (N-methyl/N-ethyl adjacent to an activating group) is 1. The molecule has 1 heterocycles. The molecule has 7 heteroatoms. The Morgan fingerprint density at radius 2 is 1.96 bits per heavy atom. The molecule has 6 nitrogen and oxygen atoms in total. The zero-order valence-corrected chi connectivity index (χ0v) is 15.4. The highest BCUT2D eigenvalue weighted by Gasteiger charge is 2.36. The molecule has 26 heavy (non-hydrogen) atoms. The van der Waals surface area contributed by atoms with E-state index in [1.165, 1.54) is 22.9 Å². The van der Waals surface area contributed by atoms with E-state index >= 15 is 0 Å². The summed E-state index contributed by atoms with van der Waals surface area (Å²) in [6.07, 6.45) is 1.18. The quantitative estimate of drug-likeness (QED) is 0.865. The first-order valence-electron chi connectivity index (χ1n) is 8.65. The molecule has 0 radical (unpaired) electrons. The number of likely N-dealkylation sites (tertiary alicyclic amines) is 1. The summed E-state index contributed by atoms with van der Waals surface area (Å²) in [7, 11) is 1.50. The number of hydrogen-bond acceptors (Lipinski definition) is 3. The third-order valence-electron chi connectivity index (χ3n) is 4.92. The van der Waals surface area contributed by atoms with Gasteiger partial charge >= 0.3 is 5.97 Å². The number of piperidine rings is 1. The minimum absolute atomic E-state index is 0.160. The SMILES string of the molecule is CN(CC(=O)N1CCCC(C(=O)O)C1)C(=O)C(C)(C)c1ccccc1F. The van der Waals surface area contributed by atoms with Gasteiger partial charge in [-0.1, -0.05) is 18.2 Å². The number of hydrogen-bond donors (Lipinski definition) is 1. The molecule has 2 amide bonds. The molecule has 1 aliphatic rings. The summed E-state index contributed by atoms with van der Waals surface area (Å²) >= 11 is 0. The number of halogens is 1. The molecule has 1 aromatic rings. The van der Waals surface area contributed by atoms with E-state index in [0.717, 1.165) is 0 Å². The third kappa shape index (κ3) is 4.20. The molecule has 1 fully saturated rings. The van der Waals surface area contributed by atoms with Crippen molar-refractivity contribution in [2.45, 2.75) is 32.1 Å². The van der Waals surface area contributed by atoms with E-state index in [4.69, 9.17) is 5.11 Å². The maximum atomic E-state index is 14.1. The van der Waals surface area contributed by atoms with Crippen LogP contribution >= 0.6 is 0 Å². The maximum Gasteiger partial charge on any atom is 0.308 e. The monoisotopic (exact) mass is 364 g/mol. The van der Waals surface area contributed by atoms with Crippen molar-refractivity contribution in [3.05, 3.63) is 35.6 Å². The summed E-state index contributed by atoms with van der Waals surface area (Å²) in [4.78, 5) is 39.2. The zero-order valence-electron chi connectivity index (χ0n) is 15.4. The second-order valence-electron chi connectivity index (χ2n) is 7.28. The number of carboxylic acids is 1. The van der Waals surface area contributed by atoms with E-state index in [2.05, 4.69) is 0 Å². The number of benzene rings is 1. The highest BCUT2D eigenvalue weighted by Crippen LogP contribution is 2.27. The van der Waals surface area contributed by atoms with Crippen molar-refractivity contribution in [1.29, 1.82) is 0 Å². The van der Waals surface area contributed by atoms with E-state index in [1.54, 1.807) is 32.0 Å². The van der Waals surface area contributed by atoms with E-state index < -0.39 is 23.1 Å². The number of aliphatic carboxylic acids is 1. The third-order valence-corrected chi connectivity index (χ3v) is 4.92. The van der Waals surface area contributed by atoms with Crippen LogP contribution in [0.5, 0.6) is 0 Å². The van der Waals surface area contributed by atoms with Crippen LogP contribution in [0.25, 0.3) is 0 Å². The fourth-order valence-electron chi connectivity index (χ4n) is 3.34. The van der Waals surface area contributed by atoms with Gasteiger partial charge in [0.1, 0.15) is 5.82 Å². The molecule has 1 saturated heterocycles. The average Bonchev–Trinajstić information content (AvgIpc) is 2.61. The van der Waals surface area contributed by atoms with Crippen LogP contribution in [0.1, 0.15) is 32.3 Å². The second kappa shape index (κ2) is 7.85. The molecule has 1 atom stereocenters. The number of nitrogens with zero attached hydrogens (tertiary/aromatic N) is 2. The molecular weight excluding hydrogens is 339 g/mol. The normalized spacial score (nSPS) is 17.7. The summed E-state index contributed by atoms with van der Waals surface area (Å²) in [5, 5.41) is 9.13. The highest BCUT2D eigenvalue weighted by atomic mass is 19.1. The van der Waals surface area contributed by atoms with Crippen LogP contribution in [-0.2, 0) is 19.8 Å². The molecule has 1 aromatic carbocycles. The van der Waals surface area contributed by atoms with Crippen molar-refractivity contribution < 1.29 is 23.9 Å². The summed E-state index contributed by atoms with van der Waals surface area (Å²) in [6, 6.07) is 6.08. The summed E-state index contributed by atoms with van der Waals surface area (Å²) < 4.78 is 14.1. The molecule has 0 bridgehead atoms. The van der Waals surface area contributed by atoms with E-state index in [1.807, 2.05) is 0 Å². The molecule has 0 aliphatic carbocycles. The summed E-state index contributed by atoms with van der Waals surface area (Å²) in [5.74, 6) is -2.61.